The SMILES string of the molecule is C#C[C@]1(O)CC[C@H]2[C@@H]3CCC4=CC(=O)CC[C@@H]4[C@H]3CC[C@@]21C.C#C[C@]1(O)CC[C@H]2[C@@H]3CCC4=CC(=O)CC[C@@H]4[C@H]3CC[C@@]21C. The quantitative estimate of drug-likeness (QED) is 0.296. The van der Waals surface area contributed by atoms with Gasteiger partial charge in [0, 0.05) is 23.7 Å². The van der Waals surface area contributed by atoms with Gasteiger partial charge in [-0.2, -0.15) is 0 Å². The Hall–Kier alpha value is -2.14. The molecule has 0 spiro atoms. The van der Waals surface area contributed by atoms with Crippen LogP contribution in [0.25, 0.3) is 0 Å². The maximum atomic E-state index is 11.7. The first-order valence-electron chi connectivity index (χ1n) is 17.8. The average molecular weight is 597 g/mol. The fraction of sp³-hybridized carbons (Fsp3) is 0.750. The molecule has 0 bridgehead atoms. The molecule has 2 N–H and O–H groups in total. The van der Waals surface area contributed by atoms with E-state index in [0.717, 1.165) is 89.9 Å². The van der Waals surface area contributed by atoms with Crippen LogP contribution in [0.1, 0.15) is 117 Å². The third kappa shape index (κ3) is 4.33. The highest BCUT2D eigenvalue weighted by molar-refractivity contribution is 5.91. The molecule has 4 heteroatoms. The molecule has 0 aromatic heterocycles. The van der Waals surface area contributed by atoms with E-state index < -0.39 is 11.2 Å². The van der Waals surface area contributed by atoms with Crippen LogP contribution in [0.3, 0.4) is 0 Å². The molecule has 4 nitrogen and oxygen atoms in total. The van der Waals surface area contributed by atoms with Gasteiger partial charge < -0.3 is 10.2 Å². The zero-order chi connectivity index (χ0) is 31.1. The number of fused-ring (bicyclic) bond motifs is 10. The normalized spacial score (nSPS) is 50.4. The van der Waals surface area contributed by atoms with Crippen molar-refractivity contribution in [3.63, 3.8) is 0 Å². The number of hydrogen-bond acceptors (Lipinski definition) is 4. The summed E-state index contributed by atoms with van der Waals surface area (Å²) in [5.74, 6) is 11.3. The summed E-state index contributed by atoms with van der Waals surface area (Å²) in [7, 11) is 0. The Labute approximate surface area is 264 Å². The zero-order valence-corrected chi connectivity index (χ0v) is 27.0. The fourth-order valence-corrected chi connectivity index (χ4v) is 12.9. The molecule has 44 heavy (non-hydrogen) atoms. The van der Waals surface area contributed by atoms with Crippen LogP contribution in [-0.2, 0) is 9.59 Å². The topological polar surface area (TPSA) is 74.6 Å². The molecule has 0 radical (unpaired) electrons. The van der Waals surface area contributed by atoms with Crippen LogP contribution in [0.15, 0.2) is 23.3 Å². The lowest BCUT2D eigenvalue weighted by Gasteiger charge is -2.54. The van der Waals surface area contributed by atoms with Gasteiger partial charge in [0.15, 0.2) is 11.6 Å². The van der Waals surface area contributed by atoms with Crippen molar-refractivity contribution in [2.45, 2.75) is 128 Å². The van der Waals surface area contributed by atoms with Gasteiger partial charge in [0.2, 0.25) is 0 Å². The highest BCUT2D eigenvalue weighted by Gasteiger charge is 2.63. The predicted molar refractivity (Wildman–Crippen MR) is 172 cm³/mol. The van der Waals surface area contributed by atoms with Gasteiger partial charge in [0.1, 0.15) is 11.2 Å². The maximum absolute atomic E-state index is 11.7. The number of carbonyl (C=O) groups is 2. The molecular weight excluding hydrogens is 544 g/mol. The van der Waals surface area contributed by atoms with Crippen molar-refractivity contribution >= 4 is 11.6 Å². The van der Waals surface area contributed by atoms with Crippen molar-refractivity contribution in [3.8, 4) is 24.7 Å². The van der Waals surface area contributed by atoms with Crippen LogP contribution in [0.5, 0.6) is 0 Å². The summed E-state index contributed by atoms with van der Waals surface area (Å²) < 4.78 is 0. The lowest BCUT2D eigenvalue weighted by molar-refractivity contribution is -0.117. The third-order valence-electron chi connectivity index (χ3n) is 15.4. The summed E-state index contributed by atoms with van der Waals surface area (Å²) in [6.07, 6.45) is 31.5. The number of terminal acetylenes is 2. The summed E-state index contributed by atoms with van der Waals surface area (Å²) in [5, 5.41) is 21.8. The molecule has 6 saturated carbocycles. The van der Waals surface area contributed by atoms with Gasteiger partial charge in [-0.1, -0.05) is 36.8 Å². The van der Waals surface area contributed by atoms with Gasteiger partial charge in [-0.05, 0) is 149 Å². The Morgan fingerprint density at radius 1 is 0.591 bits per heavy atom. The van der Waals surface area contributed by atoms with Crippen molar-refractivity contribution in [3.05, 3.63) is 23.3 Å². The predicted octanol–water partition coefficient (Wildman–Crippen LogP) is 6.99. The minimum Gasteiger partial charge on any atom is -0.377 e. The van der Waals surface area contributed by atoms with Gasteiger partial charge in [-0.25, -0.2) is 0 Å². The highest BCUT2D eigenvalue weighted by Crippen LogP contribution is 2.66. The van der Waals surface area contributed by atoms with E-state index in [-0.39, 0.29) is 10.8 Å². The number of ketones is 2. The van der Waals surface area contributed by atoms with Crippen LogP contribution in [-0.4, -0.2) is 33.0 Å². The minimum atomic E-state index is -0.902. The summed E-state index contributed by atoms with van der Waals surface area (Å²) in [4.78, 5) is 23.4. The largest absolute Gasteiger partial charge is 0.377 e. The van der Waals surface area contributed by atoms with Crippen LogP contribution in [0.4, 0.5) is 0 Å². The second kappa shape index (κ2) is 10.7. The van der Waals surface area contributed by atoms with Crippen LogP contribution < -0.4 is 0 Å². The Kier molecular flexibility index (Phi) is 7.43. The van der Waals surface area contributed by atoms with Gasteiger partial charge >= 0.3 is 0 Å². The fourth-order valence-electron chi connectivity index (χ4n) is 12.9. The van der Waals surface area contributed by atoms with E-state index in [2.05, 4.69) is 25.7 Å². The average Bonchev–Trinajstić information content (AvgIpc) is 3.46. The van der Waals surface area contributed by atoms with Gasteiger partial charge in [-0.15, -0.1) is 12.8 Å². The second-order valence-electron chi connectivity index (χ2n) is 16.6. The van der Waals surface area contributed by atoms with Gasteiger partial charge in [0.25, 0.3) is 0 Å². The first kappa shape index (κ1) is 30.5. The smallest absolute Gasteiger partial charge is 0.155 e. The molecule has 0 aromatic rings. The number of carbonyl (C=O) groups excluding carboxylic acids is 2. The van der Waals surface area contributed by atoms with E-state index >= 15 is 0 Å². The van der Waals surface area contributed by atoms with Gasteiger partial charge in [0.05, 0.1) is 0 Å². The van der Waals surface area contributed by atoms with Crippen molar-refractivity contribution in [1.82, 2.24) is 0 Å². The lowest BCUT2D eigenvalue weighted by Crippen LogP contribution is -2.52. The first-order valence-corrected chi connectivity index (χ1v) is 17.8. The van der Waals surface area contributed by atoms with E-state index in [1.165, 1.54) is 24.0 Å². The molecular formula is C40H52O4. The van der Waals surface area contributed by atoms with Crippen molar-refractivity contribution < 1.29 is 19.8 Å². The lowest BCUT2D eigenvalue weighted by atomic mass is 9.50. The Morgan fingerprint density at radius 2 is 1.00 bits per heavy atom. The number of rotatable bonds is 0. The Morgan fingerprint density at radius 3 is 1.39 bits per heavy atom. The molecule has 12 atom stereocenters. The van der Waals surface area contributed by atoms with E-state index in [9.17, 15) is 19.8 Å². The molecule has 6 fully saturated rings. The number of hydrogen-bond donors (Lipinski definition) is 2. The third-order valence-corrected chi connectivity index (χ3v) is 15.4. The molecule has 8 aliphatic rings. The molecule has 0 aliphatic heterocycles. The molecule has 236 valence electrons. The van der Waals surface area contributed by atoms with Crippen molar-refractivity contribution in [2.24, 2.45) is 58.2 Å². The molecule has 0 saturated heterocycles. The summed E-state index contributed by atoms with van der Waals surface area (Å²) in [6, 6.07) is 0. The van der Waals surface area contributed by atoms with Crippen LogP contribution in [0.2, 0.25) is 0 Å². The number of aliphatic hydroxyl groups is 2. The van der Waals surface area contributed by atoms with Crippen LogP contribution in [0, 0.1) is 82.9 Å². The zero-order valence-electron chi connectivity index (χ0n) is 27.0. The molecule has 8 rings (SSSR count). The molecule has 0 aromatic carbocycles. The van der Waals surface area contributed by atoms with E-state index in [0.29, 0.717) is 58.9 Å². The second-order valence-corrected chi connectivity index (χ2v) is 16.6. The molecule has 8 aliphatic carbocycles. The summed E-state index contributed by atoms with van der Waals surface area (Å²) >= 11 is 0. The number of allylic oxidation sites excluding steroid dienone is 2. The van der Waals surface area contributed by atoms with Crippen molar-refractivity contribution in [2.75, 3.05) is 0 Å². The molecule has 0 heterocycles. The van der Waals surface area contributed by atoms with E-state index in [4.69, 9.17) is 12.8 Å². The minimum absolute atomic E-state index is 0.103. The monoisotopic (exact) mass is 596 g/mol. The van der Waals surface area contributed by atoms with Crippen LogP contribution >= 0.6 is 0 Å². The molecule has 0 unspecified atom stereocenters. The first-order chi connectivity index (χ1) is 21.0. The van der Waals surface area contributed by atoms with Crippen molar-refractivity contribution in [1.29, 1.82) is 0 Å². The van der Waals surface area contributed by atoms with E-state index in [1.807, 2.05) is 12.2 Å². The Bertz CT molecular complexity index is 1270. The summed E-state index contributed by atoms with van der Waals surface area (Å²) in [5.41, 5.74) is 0.837. The summed E-state index contributed by atoms with van der Waals surface area (Å²) in [6.45, 7) is 4.47. The van der Waals surface area contributed by atoms with Gasteiger partial charge in [-0.3, -0.25) is 9.59 Å². The highest BCUT2D eigenvalue weighted by atomic mass is 16.3. The maximum Gasteiger partial charge on any atom is 0.155 e. The van der Waals surface area contributed by atoms with E-state index in [1.54, 1.807) is 0 Å². The molecule has 0 amide bonds. The standard InChI is InChI=1S/2C20H26O2/c2*1-3-20(22)11-9-18-17-6-4-13-12-14(21)5-7-15(13)16(17)8-10-19(18,20)2/h2*1,12,15-18,22H,4-11H2,2H3/t2*15-,16+,17+,18-,19-,20-/m00/s1. The Balaban J connectivity index is 0.000000142.